The van der Waals surface area contributed by atoms with Crippen molar-refractivity contribution in [3.8, 4) is 5.69 Å². The number of carbonyl (C=O) groups excluding carboxylic acids is 1. The zero-order valence-electron chi connectivity index (χ0n) is 16.8. The summed E-state index contributed by atoms with van der Waals surface area (Å²) in [4.78, 5) is 39.4. The molecular formula is C23H15ClFN3O4S. The fourth-order valence-electron chi connectivity index (χ4n) is 3.27. The lowest BCUT2D eigenvalue weighted by molar-refractivity contribution is 0.0696. The summed E-state index contributed by atoms with van der Waals surface area (Å²) in [5, 5.41) is 11.8. The average molecular weight is 484 g/mol. The van der Waals surface area contributed by atoms with E-state index in [2.05, 4.69) is 10.3 Å². The van der Waals surface area contributed by atoms with E-state index < -0.39 is 17.3 Å². The number of halogens is 2. The molecule has 0 fully saturated rings. The van der Waals surface area contributed by atoms with Crippen molar-refractivity contribution in [1.82, 2.24) is 14.9 Å². The zero-order valence-corrected chi connectivity index (χ0v) is 18.3. The fraction of sp³-hybridized carbons (Fsp3) is 0.0435. The van der Waals surface area contributed by atoms with Gasteiger partial charge in [0.25, 0.3) is 11.5 Å². The van der Waals surface area contributed by atoms with Gasteiger partial charge in [-0.1, -0.05) is 23.7 Å². The van der Waals surface area contributed by atoms with Gasteiger partial charge in [0.1, 0.15) is 5.82 Å². The van der Waals surface area contributed by atoms with Crippen molar-refractivity contribution in [2.45, 2.75) is 6.54 Å². The standard InChI is InChI=1S/C23H15ClFN3O4S/c24-17-10-15(6-8-18(17)25)28-21(30)16-7-5-14(9-19(16)27-23(28)33)20(29)26-11-12-1-3-13(4-2-12)22(31)32/h1-10H,11H2,(H,26,29)(H,27,33)(H,31,32). The molecule has 0 saturated carbocycles. The number of fused-ring (bicyclic) bond motifs is 1. The van der Waals surface area contributed by atoms with E-state index in [1.807, 2.05) is 0 Å². The molecule has 1 aromatic heterocycles. The third-order valence-electron chi connectivity index (χ3n) is 4.98. The third-order valence-corrected chi connectivity index (χ3v) is 5.55. The first-order valence-corrected chi connectivity index (χ1v) is 10.4. The number of rotatable bonds is 5. The topological polar surface area (TPSA) is 104 Å². The van der Waals surface area contributed by atoms with Crippen LogP contribution in [0.2, 0.25) is 5.02 Å². The summed E-state index contributed by atoms with van der Waals surface area (Å²) in [6, 6.07) is 14.5. The van der Waals surface area contributed by atoms with Crippen LogP contribution in [-0.4, -0.2) is 26.5 Å². The van der Waals surface area contributed by atoms with E-state index >= 15 is 0 Å². The van der Waals surface area contributed by atoms with Crippen molar-refractivity contribution < 1.29 is 19.1 Å². The summed E-state index contributed by atoms with van der Waals surface area (Å²) in [6.45, 7) is 0.194. The predicted molar refractivity (Wildman–Crippen MR) is 124 cm³/mol. The van der Waals surface area contributed by atoms with Gasteiger partial charge in [0, 0.05) is 12.1 Å². The number of hydrogen-bond donors (Lipinski definition) is 3. The van der Waals surface area contributed by atoms with Gasteiger partial charge < -0.3 is 15.4 Å². The molecule has 0 saturated heterocycles. The summed E-state index contributed by atoms with van der Waals surface area (Å²) < 4.78 is 14.8. The molecule has 0 aliphatic heterocycles. The molecule has 1 amide bonds. The first-order chi connectivity index (χ1) is 15.7. The average Bonchev–Trinajstić information content (AvgIpc) is 2.79. The van der Waals surface area contributed by atoms with Crippen LogP contribution in [0.3, 0.4) is 0 Å². The maximum absolute atomic E-state index is 13.5. The maximum atomic E-state index is 13.5. The molecule has 0 spiro atoms. The SMILES string of the molecule is O=C(O)c1ccc(CNC(=O)c2ccc3c(=O)n(-c4ccc(F)c(Cl)c4)c(=S)[nH]c3c2)cc1. The quantitative estimate of drug-likeness (QED) is 0.363. The Kier molecular flexibility index (Phi) is 6.08. The molecule has 3 N–H and O–H groups in total. The highest BCUT2D eigenvalue weighted by Gasteiger charge is 2.13. The molecule has 33 heavy (non-hydrogen) atoms. The van der Waals surface area contributed by atoms with Crippen LogP contribution in [0.1, 0.15) is 26.3 Å². The fourth-order valence-corrected chi connectivity index (χ4v) is 3.74. The van der Waals surface area contributed by atoms with Crippen LogP contribution in [0.4, 0.5) is 4.39 Å². The van der Waals surface area contributed by atoms with Gasteiger partial charge in [0.15, 0.2) is 4.77 Å². The molecule has 0 unspecified atom stereocenters. The molecule has 4 aromatic rings. The Morgan fingerprint density at radius 3 is 2.42 bits per heavy atom. The summed E-state index contributed by atoms with van der Waals surface area (Å²) in [7, 11) is 0. The number of carboxylic acid groups (broad SMARTS) is 1. The lowest BCUT2D eigenvalue weighted by atomic mass is 10.1. The maximum Gasteiger partial charge on any atom is 0.335 e. The Bertz CT molecular complexity index is 1530. The highest BCUT2D eigenvalue weighted by Crippen LogP contribution is 2.19. The molecule has 0 bridgehead atoms. The van der Waals surface area contributed by atoms with E-state index in [0.29, 0.717) is 16.8 Å². The van der Waals surface area contributed by atoms with Crippen LogP contribution < -0.4 is 10.9 Å². The second-order valence-electron chi connectivity index (χ2n) is 7.11. The first-order valence-electron chi connectivity index (χ1n) is 9.59. The molecule has 0 aliphatic carbocycles. The number of benzene rings is 3. The number of aromatic carboxylic acids is 1. The van der Waals surface area contributed by atoms with Gasteiger partial charge in [0.2, 0.25) is 0 Å². The number of hydrogen-bond acceptors (Lipinski definition) is 4. The first kappa shape index (κ1) is 22.4. The number of nitrogens with one attached hydrogen (secondary N) is 2. The van der Waals surface area contributed by atoms with Crippen molar-refractivity contribution in [2.24, 2.45) is 0 Å². The Balaban J connectivity index is 1.61. The minimum absolute atomic E-state index is 0.0613. The predicted octanol–water partition coefficient (Wildman–Crippen LogP) is 4.47. The number of H-pyrrole nitrogens is 1. The van der Waals surface area contributed by atoms with Gasteiger partial charge >= 0.3 is 5.97 Å². The van der Waals surface area contributed by atoms with Crippen molar-refractivity contribution >= 4 is 46.6 Å². The van der Waals surface area contributed by atoms with Gasteiger partial charge in [-0.05, 0) is 66.3 Å². The molecule has 10 heteroatoms. The van der Waals surface area contributed by atoms with Crippen LogP contribution in [0.5, 0.6) is 0 Å². The van der Waals surface area contributed by atoms with E-state index in [9.17, 15) is 18.8 Å². The summed E-state index contributed by atoms with van der Waals surface area (Å²) in [5.41, 5.74) is 1.43. The Labute approximate surface area is 196 Å². The zero-order chi connectivity index (χ0) is 23.7. The van der Waals surface area contributed by atoms with Crippen LogP contribution in [-0.2, 0) is 6.54 Å². The minimum atomic E-state index is -1.03. The highest BCUT2D eigenvalue weighted by atomic mass is 35.5. The number of aromatic nitrogens is 2. The van der Waals surface area contributed by atoms with Crippen LogP contribution >= 0.6 is 23.8 Å². The third kappa shape index (κ3) is 4.55. The van der Waals surface area contributed by atoms with Gasteiger partial charge in [-0.25, -0.2) is 9.18 Å². The van der Waals surface area contributed by atoms with Crippen molar-refractivity contribution in [1.29, 1.82) is 0 Å². The van der Waals surface area contributed by atoms with Gasteiger partial charge in [-0.15, -0.1) is 0 Å². The molecule has 166 valence electrons. The smallest absolute Gasteiger partial charge is 0.335 e. The second-order valence-corrected chi connectivity index (χ2v) is 7.91. The van der Waals surface area contributed by atoms with Crippen molar-refractivity contribution in [2.75, 3.05) is 0 Å². The molecule has 0 atom stereocenters. The summed E-state index contributed by atoms with van der Waals surface area (Å²) in [6.07, 6.45) is 0. The largest absolute Gasteiger partial charge is 0.478 e. The molecule has 7 nitrogen and oxygen atoms in total. The molecule has 0 aliphatic rings. The van der Waals surface area contributed by atoms with Crippen molar-refractivity contribution in [3.05, 3.63) is 103 Å². The van der Waals surface area contributed by atoms with Gasteiger partial charge in [-0.3, -0.25) is 14.2 Å². The van der Waals surface area contributed by atoms with Gasteiger partial charge in [0.05, 0.1) is 27.2 Å². The number of aromatic amines is 1. The number of carbonyl (C=O) groups is 2. The normalized spacial score (nSPS) is 10.8. The molecule has 0 radical (unpaired) electrons. The van der Waals surface area contributed by atoms with E-state index in [0.717, 1.165) is 11.6 Å². The summed E-state index contributed by atoms with van der Waals surface area (Å²) in [5.74, 6) is -2.02. The minimum Gasteiger partial charge on any atom is -0.478 e. The highest BCUT2D eigenvalue weighted by molar-refractivity contribution is 7.71. The molecule has 3 aromatic carbocycles. The van der Waals surface area contributed by atoms with E-state index in [1.54, 1.807) is 12.1 Å². The molecular weight excluding hydrogens is 469 g/mol. The van der Waals surface area contributed by atoms with E-state index in [-0.39, 0.29) is 33.2 Å². The van der Waals surface area contributed by atoms with Crippen molar-refractivity contribution in [3.63, 3.8) is 0 Å². The monoisotopic (exact) mass is 483 g/mol. The Morgan fingerprint density at radius 1 is 1.06 bits per heavy atom. The number of nitrogens with zero attached hydrogens (tertiary/aromatic N) is 1. The van der Waals surface area contributed by atoms with Crippen LogP contribution in [0.15, 0.2) is 65.5 Å². The second kappa shape index (κ2) is 8.97. The lowest BCUT2D eigenvalue weighted by Crippen LogP contribution is -2.24. The van der Waals surface area contributed by atoms with Crippen LogP contribution in [0, 0.1) is 10.6 Å². The Morgan fingerprint density at radius 2 is 1.76 bits per heavy atom. The number of amides is 1. The van der Waals surface area contributed by atoms with Crippen LogP contribution in [0.25, 0.3) is 16.6 Å². The lowest BCUT2D eigenvalue weighted by Gasteiger charge is -2.10. The van der Waals surface area contributed by atoms with E-state index in [1.165, 1.54) is 47.0 Å². The summed E-state index contributed by atoms with van der Waals surface area (Å²) >= 11 is 11.1. The van der Waals surface area contributed by atoms with E-state index in [4.69, 9.17) is 28.9 Å². The van der Waals surface area contributed by atoms with Gasteiger partial charge in [-0.2, -0.15) is 0 Å². The Hall–Kier alpha value is -3.82. The molecule has 4 rings (SSSR count). The number of carboxylic acids is 1. The molecule has 1 heterocycles.